The molecule has 1 spiro atoms. The molecule has 4 aromatic carbocycles. The highest BCUT2D eigenvalue weighted by molar-refractivity contribution is 5.92. The summed E-state index contributed by atoms with van der Waals surface area (Å²) in [5.74, 6) is 3.25. The predicted molar refractivity (Wildman–Crippen MR) is 145 cm³/mol. The van der Waals surface area contributed by atoms with Gasteiger partial charge < -0.3 is 5.32 Å². The molecule has 1 nitrogen and oxygen atoms in total. The molecule has 5 aliphatic rings. The topological polar surface area (TPSA) is 12.0 Å². The van der Waals surface area contributed by atoms with Gasteiger partial charge in [0.15, 0.2) is 0 Å². The third-order valence-corrected chi connectivity index (χ3v) is 9.90. The molecule has 4 saturated carbocycles. The number of benzene rings is 4. The van der Waals surface area contributed by atoms with Gasteiger partial charge in [-0.1, -0.05) is 60.7 Å². The second-order valence-electron chi connectivity index (χ2n) is 11.7. The summed E-state index contributed by atoms with van der Waals surface area (Å²) >= 11 is 0. The Labute approximate surface area is 212 Å². The normalized spacial score (nSPS) is 28.8. The van der Waals surface area contributed by atoms with E-state index in [-0.39, 0.29) is 11.2 Å². The maximum atomic E-state index is 13.7. The fraction of sp³-hybridized carbons (Fsp3) is 0.294. The van der Waals surface area contributed by atoms with Crippen molar-refractivity contribution in [1.29, 1.82) is 0 Å². The van der Waals surface area contributed by atoms with Crippen molar-refractivity contribution in [3.8, 4) is 22.3 Å². The lowest BCUT2D eigenvalue weighted by atomic mass is 9.43. The van der Waals surface area contributed by atoms with E-state index < -0.39 is 0 Å². The number of nitrogens with one attached hydrogen (secondary N) is 1. The van der Waals surface area contributed by atoms with E-state index in [1.54, 1.807) is 23.3 Å². The van der Waals surface area contributed by atoms with Gasteiger partial charge in [0.2, 0.25) is 0 Å². The summed E-state index contributed by atoms with van der Waals surface area (Å²) in [6, 6.07) is 31.4. The number of hydrogen-bond donors (Lipinski definition) is 1. The van der Waals surface area contributed by atoms with Crippen molar-refractivity contribution in [3.05, 3.63) is 108 Å². The maximum Gasteiger partial charge on any atom is 0.123 e. The summed E-state index contributed by atoms with van der Waals surface area (Å²) in [5, 5.41) is 3.77. The fourth-order valence-electron chi connectivity index (χ4n) is 8.88. The van der Waals surface area contributed by atoms with Crippen LogP contribution in [0.2, 0.25) is 0 Å². The summed E-state index contributed by atoms with van der Waals surface area (Å²) in [4.78, 5) is 0. The average Bonchev–Trinajstić information content (AvgIpc) is 3.19. The van der Waals surface area contributed by atoms with E-state index in [0.717, 1.165) is 40.5 Å². The van der Waals surface area contributed by atoms with Gasteiger partial charge in [-0.3, -0.25) is 0 Å². The van der Waals surface area contributed by atoms with Crippen LogP contribution in [0.1, 0.15) is 43.2 Å². The fourth-order valence-corrected chi connectivity index (χ4v) is 8.88. The zero-order chi connectivity index (χ0) is 23.9. The molecule has 4 aromatic rings. The first-order chi connectivity index (χ1) is 17.7. The van der Waals surface area contributed by atoms with Crippen molar-refractivity contribution >= 4 is 11.4 Å². The van der Waals surface area contributed by atoms with Crippen molar-refractivity contribution < 1.29 is 4.39 Å². The van der Waals surface area contributed by atoms with E-state index in [0.29, 0.717) is 0 Å². The molecule has 0 aliphatic heterocycles. The lowest BCUT2D eigenvalue weighted by Crippen LogP contribution is -2.55. The molecule has 0 heterocycles. The second-order valence-corrected chi connectivity index (χ2v) is 11.7. The Kier molecular flexibility index (Phi) is 4.36. The number of anilines is 2. The van der Waals surface area contributed by atoms with Crippen molar-refractivity contribution in [2.75, 3.05) is 5.32 Å². The van der Waals surface area contributed by atoms with Crippen LogP contribution in [0.15, 0.2) is 91.0 Å². The molecule has 0 unspecified atom stereocenters. The molecule has 0 radical (unpaired) electrons. The van der Waals surface area contributed by atoms with Gasteiger partial charge in [-0.15, -0.1) is 0 Å². The first kappa shape index (κ1) is 20.8. The molecule has 4 bridgehead atoms. The number of fused-ring (bicyclic) bond motifs is 3. The standard InChI is InChI=1S/C34H30FN/c35-27-6-3-5-24(20-27)23-11-13-28(14-12-23)36-32-10-4-9-31-33(32)29-7-1-2-8-30(29)34(31)25-16-21-15-22(18-25)19-26(34)17-21/h1-14,20-22,25-26,36H,15-19H2. The van der Waals surface area contributed by atoms with E-state index in [2.05, 4.69) is 72.0 Å². The van der Waals surface area contributed by atoms with Gasteiger partial charge in [0.05, 0.1) is 0 Å². The van der Waals surface area contributed by atoms with E-state index >= 15 is 0 Å². The predicted octanol–water partition coefficient (Wildman–Crippen LogP) is 8.96. The van der Waals surface area contributed by atoms with Crippen LogP contribution >= 0.6 is 0 Å². The molecule has 0 amide bonds. The lowest BCUT2D eigenvalue weighted by Gasteiger charge is -2.61. The Bertz CT molecular complexity index is 1460. The van der Waals surface area contributed by atoms with E-state index in [9.17, 15) is 4.39 Å². The van der Waals surface area contributed by atoms with E-state index in [1.807, 2.05) is 6.07 Å². The van der Waals surface area contributed by atoms with Crippen LogP contribution in [-0.2, 0) is 5.41 Å². The summed E-state index contributed by atoms with van der Waals surface area (Å²) < 4.78 is 13.7. The Hall–Kier alpha value is -3.39. The van der Waals surface area contributed by atoms with Gasteiger partial charge >= 0.3 is 0 Å². The molecule has 9 rings (SSSR count). The zero-order valence-corrected chi connectivity index (χ0v) is 20.4. The van der Waals surface area contributed by atoms with E-state index in [4.69, 9.17) is 0 Å². The minimum Gasteiger partial charge on any atom is -0.355 e. The van der Waals surface area contributed by atoms with Crippen LogP contribution < -0.4 is 5.32 Å². The highest BCUT2D eigenvalue weighted by Gasteiger charge is 2.61. The third-order valence-electron chi connectivity index (χ3n) is 9.90. The van der Waals surface area contributed by atoms with Crippen LogP contribution in [0.5, 0.6) is 0 Å². The lowest BCUT2D eigenvalue weighted by molar-refractivity contribution is -0.0399. The molecule has 36 heavy (non-hydrogen) atoms. The largest absolute Gasteiger partial charge is 0.355 e. The summed E-state index contributed by atoms with van der Waals surface area (Å²) in [7, 11) is 0. The van der Waals surface area contributed by atoms with Crippen LogP contribution in [0.4, 0.5) is 15.8 Å². The minimum absolute atomic E-state index is 0.193. The SMILES string of the molecule is Fc1cccc(-c2ccc(Nc3cccc4c3-c3ccccc3C43C4CC5CC(C4)CC3C5)cc2)c1. The van der Waals surface area contributed by atoms with Crippen LogP contribution in [-0.4, -0.2) is 0 Å². The van der Waals surface area contributed by atoms with Crippen LogP contribution in [0.3, 0.4) is 0 Å². The summed E-state index contributed by atoms with van der Waals surface area (Å²) in [6.45, 7) is 0. The van der Waals surface area contributed by atoms with Crippen molar-refractivity contribution in [1.82, 2.24) is 0 Å². The highest BCUT2D eigenvalue weighted by atomic mass is 19.1. The van der Waals surface area contributed by atoms with Gasteiger partial charge in [-0.2, -0.15) is 0 Å². The van der Waals surface area contributed by atoms with E-state index in [1.165, 1.54) is 55.0 Å². The van der Waals surface area contributed by atoms with Crippen molar-refractivity contribution in [3.63, 3.8) is 0 Å². The van der Waals surface area contributed by atoms with Crippen LogP contribution in [0.25, 0.3) is 22.3 Å². The maximum absolute atomic E-state index is 13.7. The van der Waals surface area contributed by atoms with Gasteiger partial charge in [0.25, 0.3) is 0 Å². The molecular formula is C34H30FN. The molecule has 1 N–H and O–H groups in total. The van der Waals surface area contributed by atoms with Gasteiger partial charge in [-0.05, 0) is 114 Å². The second kappa shape index (κ2) is 7.56. The average molecular weight is 472 g/mol. The van der Waals surface area contributed by atoms with Gasteiger partial charge in [0.1, 0.15) is 5.82 Å². The molecular weight excluding hydrogens is 441 g/mol. The van der Waals surface area contributed by atoms with Gasteiger partial charge in [-0.25, -0.2) is 4.39 Å². The number of halogens is 1. The molecule has 0 aromatic heterocycles. The van der Waals surface area contributed by atoms with Crippen molar-refractivity contribution in [2.24, 2.45) is 23.7 Å². The molecule has 4 fully saturated rings. The first-order valence-electron chi connectivity index (χ1n) is 13.6. The molecule has 178 valence electrons. The Morgan fingerprint density at radius 2 is 1.33 bits per heavy atom. The number of rotatable bonds is 3. The Morgan fingerprint density at radius 1 is 0.639 bits per heavy atom. The summed E-state index contributed by atoms with van der Waals surface area (Å²) in [6.07, 6.45) is 7.09. The zero-order valence-electron chi connectivity index (χ0n) is 20.4. The first-order valence-corrected chi connectivity index (χ1v) is 13.6. The molecule has 5 aliphatic carbocycles. The number of hydrogen-bond acceptors (Lipinski definition) is 1. The molecule has 2 heteroatoms. The highest BCUT2D eigenvalue weighted by Crippen LogP contribution is 2.69. The third kappa shape index (κ3) is 2.82. The molecule has 0 atom stereocenters. The van der Waals surface area contributed by atoms with Crippen LogP contribution in [0, 0.1) is 29.5 Å². The summed E-state index contributed by atoms with van der Waals surface area (Å²) in [5.41, 5.74) is 10.4. The molecule has 0 saturated heterocycles. The minimum atomic E-state index is -0.202. The monoisotopic (exact) mass is 471 g/mol. The quantitative estimate of drug-likeness (QED) is 0.314. The van der Waals surface area contributed by atoms with Gasteiger partial charge in [0, 0.05) is 22.4 Å². The smallest absolute Gasteiger partial charge is 0.123 e. The Balaban J connectivity index is 1.21. The Morgan fingerprint density at radius 3 is 2.08 bits per heavy atom. The van der Waals surface area contributed by atoms with Crippen molar-refractivity contribution in [2.45, 2.75) is 37.5 Å².